The predicted molar refractivity (Wildman–Crippen MR) is 93.6 cm³/mol. The number of methoxy groups -OCH3 is 1. The molecule has 1 aromatic carbocycles. The summed E-state index contributed by atoms with van der Waals surface area (Å²) in [6.45, 7) is 1.76. The van der Waals surface area contributed by atoms with Gasteiger partial charge in [-0.3, -0.25) is 0 Å². The molecule has 26 heavy (non-hydrogen) atoms. The topological polar surface area (TPSA) is 101 Å². The number of carbonyl (C=O) groups is 1. The third kappa shape index (κ3) is 4.09. The highest BCUT2D eigenvalue weighted by Gasteiger charge is 2.16. The van der Waals surface area contributed by atoms with E-state index in [1.54, 1.807) is 37.3 Å². The molecule has 0 aliphatic heterocycles. The van der Waals surface area contributed by atoms with Crippen molar-refractivity contribution in [2.24, 2.45) is 0 Å². The number of aromatic nitrogens is 2. The number of halogens is 1. The number of rotatable bonds is 6. The van der Waals surface area contributed by atoms with Crippen molar-refractivity contribution >= 4 is 35.4 Å². The Morgan fingerprint density at radius 1 is 1.27 bits per heavy atom. The van der Waals surface area contributed by atoms with Crippen LogP contribution in [0.15, 0.2) is 49.3 Å². The molecule has 3 aromatic rings. The van der Waals surface area contributed by atoms with Crippen LogP contribution in [0.5, 0.6) is 5.75 Å². The Bertz CT molecular complexity index is 979. The molecule has 0 saturated heterocycles. The van der Waals surface area contributed by atoms with Gasteiger partial charge >= 0.3 is 0 Å². The molecule has 0 bridgehead atoms. The summed E-state index contributed by atoms with van der Waals surface area (Å²) in [7, 11) is 1.50. The summed E-state index contributed by atoms with van der Waals surface area (Å²) in [5.41, 5.74) is 0.500. The minimum atomic E-state index is -1.39. The molecule has 0 unspecified atom stereocenters. The summed E-state index contributed by atoms with van der Waals surface area (Å²) in [5.74, 6) is 0.302. The van der Waals surface area contributed by atoms with Crippen LogP contribution in [0, 0.1) is 6.92 Å². The van der Waals surface area contributed by atoms with Gasteiger partial charge in [-0.05, 0) is 55.1 Å². The van der Waals surface area contributed by atoms with Gasteiger partial charge in [-0.1, -0.05) is 11.6 Å². The van der Waals surface area contributed by atoms with Crippen LogP contribution in [0.3, 0.4) is 0 Å². The van der Waals surface area contributed by atoms with Crippen LogP contribution in [0.25, 0.3) is 17.5 Å². The van der Waals surface area contributed by atoms with Gasteiger partial charge in [0.05, 0.1) is 18.6 Å². The van der Waals surface area contributed by atoms with Crippen LogP contribution in [0.2, 0.25) is 5.02 Å². The Hall–Kier alpha value is -2.71. The van der Waals surface area contributed by atoms with E-state index in [1.807, 2.05) is 0 Å². The highest BCUT2D eigenvalue weighted by atomic mass is 35.5. The molecule has 2 heterocycles. The standard InChI is InChI=1S/C17H13ClN2O5S/c1-9-3-5-11(24-9)8-14(16(21)22)26-17-20-19-15(25-17)12-7-10(18)4-6-13(12)23-2/h3-8H,1-2H3,(H,21,22)/p-1/b14-8-. The van der Waals surface area contributed by atoms with Gasteiger partial charge in [-0.2, -0.15) is 0 Å². The number of carboxylic acids is 1. The Morgan fingerprint density at radius 2 is 2.08 bits per heavy atom. The number of carbonyl (C=O) groups excluding carboxylic acids is 1. The highest BCUT2D eigenvalue weighted by molar-refractivity contribution is 8.03. The second-order valence-corrected chi connectivity index (χ2v) is 6.49. The molecule has 0 amide bonds. The van der Waals surface area contributed by atoms with Crippen LogP contribution in [-0.4, -0.2) is 23.3 Å². The van der Waals surface area contributed by atoms with E-state index in [-0.39, 0.29) is 16.0 Å². The van der Waals surface area contributed by atoms with Gasteiger partial charge in [0, 0.05) is 9.93 Å². The smallest absolute Gasteiger partial charge is 0.281 e. The van der Waals surface area contributed by atoms with Crippen molar-refractivity contribution in [1.29, 1.82) is 0 Å². The summed E-state index contributed by atoms with van der Waals surface area (Å²) >= 11 is 6.75. The number of carboxylic acid groups (broad SMARTS) is 1. The van der Waals surface area contributed by atoms with Crippen molar-refractivity contribution in [2.45, 2.75) is 12.1 Å². The number of hydrogen-bond acceptors (Lipinski definition) is 8. The number of aryl methyl sites for hydroxylation is 1. The molecule has 7 nitrogen and oxygen atoms in total. The highest BCUT2D eigenvalue weighted by Crippen LogP contribution is 2.34. The average molecular weight is 392 g/mol. The minimum absolute atomic E-state index is 0.0285. The van der Waals surface area contributed by atoms with E-state index in [0.29, 0.717) is 27.9 Å². The number of nitrogens with zero attached hydrogens (tertiary/aromatic N) is 2. The first kappa shape index (κ1) is 18.1. The maximum Gasteiger partial charge on any atom is 0.281 e. The molecule has 2 aromatic heterocycles. The van der Waals surface area contributed by atoms with Gasteiger partial charge in [0.25, 0.3) is 11.1 Å². The van der Waals surface area contributed by atoms with Crippen LogP contribution >= 0.6 is 23.4 Å². The molecular formula is C17H12ClN2O5S-. The third-order valence-corrected chi connectivity index (χ3v) is 4.31. The van der Waals surface area contributed by atoms with Crippen molar-refractivity contribution < 1.29 is 23.5 Å². The fourth-order valence-corrected chi connectivity index (χ4v) is 2.91. The molecule has 9 heteroatoms. The number of aliphatic carboxylic acids is 1. The zero-order valence-electron chi connectivity index (χ0n) is 13.7. The van der Waals surface area contributed by atoms with E-state index in [1.165, 1.54) is 13.2 Å². The van der Waals surface area contributed by atoms with Crippen molar-refractivity contribution in [3.63, 3.8) is 0 Å². The second kappa shape index (κ2) is 7.67. The summed E-state index contributed by atoms with van der Waals surface area (Å²) in [6.07, 6.45) is 1.33. The first-order valence-electron chi connectivity index (χ1n) is 7.31. The van der Waals surface area contributed by atoms with Crippen LogP contribution in [0.4, 0.5) is 0 Å². The van der Waals surface area contributed by atoms with E-state index in [0.717, 1.165) is 11.8 Å². The Kier molecular flexibility index (Phi) is 5.34. The van der Waals surface area contributed by atoms with Gasteiger partial charge in [0.15, 0.2) is 0 Å². The lowest BCUT2D eigenvalue weighted by molar-refractivity contribution is -0.298. The molecule has 0 saturated carbocycles. The van der Waals surface area contributed by atoms with Crippen molar-refractivity contribution in [3.05, 3.63) is 51.8 Å². The Labute approximate surface area is 157 Å². The van der Waals surface area contributed by atoms with Gasteiger partial charge < -0.3 is 23.5 Å². The molecule has 0 aliphatic rings. The third-order valence-electron chi connectivity index (χ3n) is 3.23. The van der Waals surface area contributed by atoms with Crippen molar-refractivity contribution in [3.8, 4) is 17.2 Å². The molecule has 0 atom stereocenters. The maximum atomic E-state index is 11.4. The molecule has 0 aliphatic carbocycles. The zero-order valence-corrected chi connectivity index (χ0v) is 15.3. The fourth-order valence-electron chi connectivity index (χ4n) is 2.09. The first-order chi connectivity index (χ1) is 12.5. The zero-order chi connectivity index (χ0) is 18.7. The largest absolute Gasteiger partial charge is 0.544 e. The second-order valence-electron chi connectivity index (χ2n) is 5.06. The molecule has 0 N–H and O–H groups in total. The van der Waals surface area contributed by atoms with Gasteiger partial charge in [0.2, 0.25) is 0 Å². The average Bonchev–Trinajstić information content (AvgIpc) is 3.23. The lowest BCUT2D eigenvalue weighted by atomic mass is 10.2. The van der Waals surface area contributed by atoms with E-state index >= 15 is 0 Å². The van der Waals surface area contributed by atoms with Gasteiger partial charge in [-0.15, -0.1) is 10.2 Å². The van der Waals surface area contributed by atoms with Crippen molar-refractivity contribution in [1.82, 2.24) is 10.2 Å². The molecule has 0 radical (unpaired) electrons. The van der Waals surface area contributed by atoms with Gasteiger partial charge in [-0.25, -0.2) is 0 Å². The lowest BCUT2D eigenvalue weighted by Gasteiger charge is -2.05. The molecule has 0 spiro atoms. The number of benzene rings is 1. The van der Waals surface area contributed by atoms with Crippen molar-refractivity contribution in [2.75, 3.05) is 7.11 Å². The molecule has 134 valence electrons. The van der Waals surface area contributed by atoms with E-state index in [4.69, 9.17) is 25.2 Å². The molecule has 0 fully saturated rings. The SMILES string of the molecule is COc1ccc(Cl)cc1-c1nnc(S/C(=C\c2ccc(C)o2)C(=O)[O-])o1. The van der Waals surface area contributed by atoms with Crippen LogP contribution in [-0.2, 0) is 4.79 Å². The minimum Gasteiger partial charge on any atom is -0.544 e. The number of ether oxygens (including phenoxy) is 1. The number of furan rings is 1. The quantitative estimate of drug-likeness (QED) is 0.466. The summed E-state index contributed by atoms with van der Waals surface area (Å²) in [4.78, 5) is 11.2. The van der Waals surface area contributed by atoms with Crippen LogP contribution in [0.1, 0.15) is 11.5 Å². The molecule has 3 rings (SSSR count). The monoisotopic (exact) mass is 391 g/mol. The van der Waals surface area contributed by atoms with E-state index < -0.39 is 5.97 Å². The van der Waals surface area contributed by atoms with E-state index in [2.05, 4.69) is 10.2 Å². The molecular weight excluding hydrogens is 380 g/mol. The maximum absolute atomic E-state index is 11.4. The first-order valence-corrected chi connectivity index (χ1v) is 8.50. The van der Waals surface area contributed by atoms with E-state index in [9.17, 15) is 9.90 Å². The fraction of sp³-hybridized carbons (Fsp3) is 0.118. The normalized spacial score (nSPS) is 11.6. The lowest BCUT2D eigenvalue weighted by Crippen LogP contribution is -2.22. The van der Waals surface area contributed by atoms with Crippen LogP contribution < -0.4 is 9.84 Å². The predicted octanol–water partition coefficient (Wildman–Crippen LogP) is 3.18. The van der Waals surface area contributed by atoms with Gasteiger partial charge in [0.1, 0.15) is 17.3 Å². The summed E-state index contributed by atoms with van der Waals surface area (Å²) in [6, 6.07) is 8.32. The number of thioether (sulfide) groups is 1. The summed E-state index contributed by atoms with van der Waals surface area (Å²) in [5, 5.41) is 19.6. The Morgan fingerprint density at radius 3 is 2.73 bits per heavy atom. The number of hydrogen-bond donors (Lipinski definition) is 0. The Balaban J connectivity index is 1.88. The summed E-state index contributed by atoms with van der Waals surface area (Å²) < 4.78 is 16.1.